The molecule has 0 aliphatic carbocycles. The van der Waals surface area contributed by atoms with E-state index >= 15 is 0 Å². The lowest BCUT2D eigenvalue weighted by molar-refractivity contribution is -0.118. The summed E-state index contributed by atoms with van der Waals surface area (Å²) in [6, 6.07) is 7.80. The molecule has 1 aliphatic rings. The van der Waals surface area contributed by atoms with E-state index < -0.39 is 11.9 Å². The van der Waals surface area contributed by atoms with Crippen molar-refractivity contribution in [3.63, 3.8) is 0 Å². The average Bonchev–Trinajstić information content (AvgIpc) is 3.00. The molecule has 2 unspecified atom stereocenters. The molecule has 0 saturated heterocycles. The first-order valence-corrected chi connectivity index (χ1v) is 11.5. The van der Waals surface area contributed by atoms with Crippen LogP contribution >= 0.6 is 23.6 Å². The van der Waals surface area contributed by atoms with Crippen molar-refractivity contribution in [2.45, 2.75) is 47.1 Å². The first-order chi connectivity index (χ1) is 14.8. The van der Waals surface area contributed by atoms with E-state index in [9.17, 15) is 9.59 Å². The van der Waals surface area contributed by atoms with Gasteiger partial charge >= 0.3 is 5.97 Å². The van der Waals surface area contributed by atoms with E-state index in [1.54, 1.807) is 6.92 Å². The third-order valence-electron chi connectivity index (χ3n) is 5.47. The van der Waals surface area contributed by atoms with Gasteiger partial charge in [0.25, 0.3) is 0 Å². The fourth-order valence-electron chi connectivity index (χ4n) is 3.65. The maximum absolute atomic E-state index is 13.4. The van der Waals surface area contributed by atoms with Crippen LogP contribution in [0.25, 0.3) is 0 Å². The molecule has 1 amide bonds. The minimum absolute atomic E-state index is 0.243. The quantitative estimate of drug-likeness (QED) is 0.483. The van der Waals surface area contributed by atoms with Crippen LogP contribution in [0.4, 0.5) is 5.00 Å². The summed E-state index contributed by atoms with van der Waals surface area (Å²) >= 11 is 6.67. The smallest absolute Gasteiger partial charge is 0.341 e. The number of aliphatic imine (C=N–C) groups is 1. The number of anilines is 1. The number of esters is 1. The maximum atomic E-state index is 13.4. The van der Waals surface area contributed by atoms with Crippen molar-refractivity contribution >= 4 is 51.3 Å². The Morgan fingerprint density at radius 3 is 2.48 bits per heavy atom. The summed E-state index contributed by atoms with van der Waals surface area (Å²) in [5, 5.41) is 7.01. The number of nitrogens with one attached hydrogen (secondary N) is 2. The normalized spacial score (nSPS) is 18.2. The lowest BCUT2D eigenvalue weighted by atomic mass is 9.87. The lowest BCUT2D eigenvalue weighted by Gasteiger charge is -2.31. The van der Waals surface area contributed by atoms with Crippen LogP contribution in [-0.2, 0) is 16.0 Å². The third kappa shape index (κ3) is 4.85. The highest BCUT2D eigenvalue weighted by Gasteiger charge is 2.36. The lowest BCUT2D eigenvalue weighted by Crippen LogP contribution is -2.45. The van der Waals surface area contributed by atoms with Crippen molar-refractivity contribution in [2.75, 3.05) is 11.9 Å². The SMILES string of the molecule is CCOC(=O)c1c(NC(=O)C2C(C)=NC(=S)NC2c2ccc(CC)cc2)sc(C)c1C. The average molecular weight is 458 g/mol. The molecule has 0 spiro atoms. The molecule has 1 aromatic heterocycles. The summed E-state index contributed by atoms with van der Waals surface area (Å²) in [6.07, 6.45) is 0.939. The molecule has 0 radical (unpaired) electrons. The molecule has 31 heavy (non-hydrogen) atoms. The molecule has 1 aromatic carbocycles. The fourth-order valence-corrected chi connectivity index (χ4v) is 4.97. The van der Waals surface area contributed by atoms with Gasteiger partial charge in [-0.2, -0.15) is 0 Å². The Hall–Kier alpha value is -2.58. The summed E-state index contributed by atoms with van der Waals surface area (Å²) in [7, 11) is 0. The van der Waals surface area contributed by atoms with Gasteiger partial charge in [0.1, 0.15) is 10.9 Å². The molecular formula is C23H27N3O3S2. The molecule has 6 nitrogen and oxygen atoms in total. The minimum atomic E-state index is -0.572. The van der Waals surface area contributed by atoms with Crippen LogP contribution in [0, 0.1) is 19.8 Å². The summed E-state index contributed by atoms with van der Waals surface area (Å²) < 4.78 is 5.20. The predicted molar refractivity (Wildman–Crippen MR) is 129 cm³/mol. The largest absolute Gasteiger partial charge is 0.462 e. The molecule has 0 fully saturated rings. The maximum Gasteiger partial charge on any atom is 0.341 e. The van der Waals surface area contributed by atoms with Crippen LogP contribution in [0.3, 0.4) is 0 Å². The van der Waals surface area contributed by atoms with Crippen molar-refractivity contribution < 1.29 is 14.3 Å². The summed E-state index contributed by atoms with van der Waals surface area (Å²) in [5.74, 6) is -1.25. The van der Waals surface area contributed by atoms with Crippen molar-refractivity contribution in [1.82, 2.24) is 5.32 Å². The molecule has 0 saturated carbocycles. The van der Waals surface area contributed by atoms with Crippen LogP contribution in [0.2, 0.25) is 0 Å². The van der Waals surface area contributed by atoms with Gasteiger partial charge in [0.05, 0.1) is 18.2 Å². The number of thiocarbonyl (C=S) groups is 1. The second-order valence-corrected chi connectivity index (χ2v) is 9.06. The highest BCUT2D eigenvalue weighted by Crippen LogP contribution is 2.35. The number of hydrogen-bond donors (Lipinski definition) is 2. The number of carbonyl (C=O) groups excluding carboxylic acids is 2. The number of ether oxygens (including phenoxy) is 1. The van der Waals surface area contributed by atoms with Crippen molar-refractivity contribution in [1.29, 1.82) is 0 Å². The van der Waals surface area contributed by atoms with Crippen molar-refractivity contribution in [3.05, 3.63) is 51.4 Å². The molecule has 1 aliphatic heterocycles. The predicted octanol–water partition coefficient (Wildman–Crippen LogP) is 4.75. The second kappa shape index (κ2) is 9.70. The fraction of sp³-hybridized carbons (Fsp3) is 0.391. The van der Waals surface area contributed by atoms with Gasteiger partial charge in [0, 0.05) is 10.6 Å². The number of carbonyl (C=O) groups is 2. The Labute approximate surface area is 192 Å². The van der Waals surface area contributed by atoms with E-state index in [0.29, 0.717) is 21.4 Å². The van der Waals surface area contributed by atoms with Crippen LogP contribution in [0.5, 0.6) is 0 Å². The molecule has 8 heteroatoms. The topological polar surface area (TPSA) is 79.8 Å². The molecule has 2 atom stereocenters. The van der Waals surface area contributed by atoms with Gasteiger partial charge in [-0.25, -0.2) is 9.79 Å². The third-order valence-corrected chi connectivity index (χ3v) is 6.80. The number of benzene rings is 1. The van der Waals surface area contributed by atoms with E-state index in [1.807, 2.05) is 32.9 Å². The number of thiophene rings is 1. The van der Waals surface area contributed by atoms with E-state index in [1.165, 1.54) is 16.9 Å². The number of aryl methyl sites for hydroxylation is 2. The van der Waals surface area contributed by atoms with Crippen LogP contribution in [-0.4, -0.2) is 29.3 Å². The van der Waals surface area contributed by atoms with Crippen molar-refractivity contribution in [2.24, 2.45) is 10.9 Å². The van der Waals surface area contributed by atoms with E-state index in [0.717, 1.165) is 22.4 Å². The summed E-state index contributed by atoms with van der Waals surface area (Å²) in [6.45, 7) is 9.72. The minimum Gasteiger partial charge on any atom is -0.462 e. The standard InChI is InChI=1S/C23H27N3O3S2/c1-6-15-8-10-16(11-9-15)19-18(13(4)24-23(30)25-19)20(27)26-21-17(22(28)29-7-2)12(3)14(5)31-21/h8-11,18-19H,6-7H2,1-5H3,(H,25,30)(H,26,27). The van der Waals surface area contributed by atoms with Crippen LogP contribution in [0.15, 0.2) is 29.3 Å². The van der Waals surface area contributed by atoms with E-state index in [-0.39, 0.29) is 18.6 Å². The Bertz CT molecular complexity index is 1040. The molecule has 2 N–H and O–H groups in total. The monoisotopic (exact) mass is 457 g/mol. The zero-order chi connectivity index (χ0) is 22.7. The summed E-state index contributed by atoms with van der Waals surface area (Å²) in [5.41, 5.74) is 4.04. The molecule has 3 rings (SSSR count). The first kappa shape index (κ1) is 23.1. The first-order valence-electron chi connectivity index (χ1n) is 10.3. The van der Waals surface area contributed by atoms with E-state index in [2.05, 4.69) is 34.7 Å². The van der Waals surface area contributed by atoms with Gasteiger partial charge in [-0.1, -0.05) is 31.2 Å². The van der Waals surface area contributed by atoms with Gasteiger partial charge in [-0.05, 0) is 63.0 Å². The Kier molecular flexibility index (Phi) is 7.23. The van der Waals surface area contributed by atoms with Crippen LogP contribution < -0.4 is 10.6 Å². The number of nitrogens with zero attached hydrogens (tertiary/aromatic N) is 1. The van der Waals surface area contributed by atoms with Gasteiger partial charge < -0.3 is 15.4 Å². The zero-order valence-electron chi connectivity index (χ0n) is 18.4. The molecule has 0 bridgehead atoms. The second-order valence-electron chi connectivity index (χ2n) is 7.45. The molecular weight excluding hydrogens is 430 g/mol. The highest BCUT2D eigenvalue weighted by molar-refractivity contribution is 7.80. The Balaban J connectivity index is 1.94. The summed E-state index contributed by atoms with van der Waals surface area (Å²) in [4.78, 5) is 31.2. The molecule has 2 aromatic rings. The van der Waals surface area contributed by atoms with Gasteiger partial charge in [0.2, 0.25) is 5.91 Å². The van der Waals surface area contributed by atoms with E-state index in [4.69, 9.17) is 17.0 Å². The Morgan fingerprint density at radius 1 is 1.19 bits per heavy atom. The number of amides is 1. The van der Waals surface area contributed by atoms with Gasteiger partial charge in [-0.3, -0.25) is 4.79 Å². The highest BCUT2D eigenvalue weighted by atomic mass is 32.1. The van der Waals surface area contributed by atoms with Crippen molar-refractivity contribution in [3.8, 4) is 0 Å². The van der Waals surface area contributed by atoms with Crippen LogP contribution in [0.1, 0.15) is 58.7 Å². The molecule has 164 valence electrons. The number of rotatable bonds is 6. The Morgan fingerprint density at radius 2 is 1.87 bits per heavy atom. The van der Waals surface area contributed by atoms with Gasteiger partial charge in [-0.15, -0.1) is 11.3 Å². The molecule has 2 heterocycles. The zero-order valence-corrected chi connectivity index (χ0v) is 20.0. The van der Waals surface area contributed by atoms with Gasteiger partial charge in [0.15, 0.2) is 5.11 Å². The number of hydrogen-bond acceptors (Lipinski definition) is 5.